The second kappa shape index (κ2) is 5.76. The van der Waals surface area contributed by atoms with Gasteiger partial charge in [-0.3, -0.25) is 4.79 Å². The summed E-state index contributed by atoms with van der Waals surface area (Å²) in [6.07, 6.45) is 1.70. The number of carbonyl (C=O) groups excluding carboxylic acids is 2. The molecule has 0 aromatic heterocycles. The highest BCUT2D eigenvalue weighted by Gasteiger charge is 2.43. The number of Topliss-reactive ketones (excluding diaryl/α,β-unsaturated/α-hetero) is 1. The van der Waals surface area contributed by atoms with Gasteiger partial charge >= 0.3 is 6.03 Å². The van der Waals surface area contributed by atoms with Crippen molar-refractivity contribution in [1.29, 1.82) is 0 Å². The number of methoxy groups -OCH3 is 1. The fourth-order valence-electron chi connectivity index (χ4n) is 3.27. The van der Waals surface area contributed by atoms with Crippen LogP contribution in [0, 0.1) is 0 Å². The largest absolute Gasteiger partial charge is 0.497 e. The van der Waals surface area contributed by atoms with Crippen LogP contribution in [0.25, 0.3) is 0 Å². The third kappa shape index (κ3) is 2.85. The Morgan fingerprint density at radius 2 is 2.00 bits per heavy atom. The molecular formula is C17H22N2O4. The number of hydrogen-bond acceptors (Lipinski definition) is 4. The van der Waals surface area contributed by atoms with Gasteiger partial charge in [-0.15, -0.1) is 0 Å². The molecule has 1 fully saturated rings. The molecule has 2 aliphatic rings. The molecule has 1 spiro atoms. The summed E-state index contributed by atoms with van der Waals surface area (Å²) in [7, 11) is 5.07. The Hall–Kier alpha value is -2.24. The Kier molecular flexibility index (Phi) is 3.92. The molecule has 0 atom stereocenters. The van der Waals surface area contributed by atoms with Gasteiger partial charge in [0.2, 0.25) is 0 Å². The van der Waals surface area contributed by atoms with Gasteiger partial charge in [0.25, 0.3) is 0 Å². The van der Waals surface area contributed by atoms with Crippen LogP contribution in [0.2, 0.25) is 0 Å². The maximum atomic E-state index is 12.5. The molecule has 2 amide bonds. The molecular weight excluding hydrogens is 296 g/mol. The third-order valence-corrected chi connectivity index (χ3v) is 4.62. The number of hydrogen-bond donors (Lipinski definition) is 0. The Bertz CT molecular complexity index is 633. The average molecular weight is 318 g/mol. The van der Waals surface area contributed by atoms with E-state index >= 15 is 0 Å². The fraction of sp³-hybridized carbons (Fsp3) is 0.529. The van der Waals surface area contributed by atoms with E-state index in [0.29, 0.717) is 49.4 Å². The zero-order valence-corrected chi connectivity index (χ0v) is 13.8. The third-order valence-electron chi connectivity index (χ3n) is 4.62. The molecule has 6 heteroatoms. The Labute approximate surface area is 136 Å². The van der Waals surface area contributed by atoms with Gasteiger partial charge in [0.05, 0.1) is 19.1 Å². The lowest BCUT2D eigenvalue weighted by atomic mass is 9.82. The lowest BCUT2D eigenvalue weighted by Gasteiger charge is -2.44. The van der Waals surface area contributed by atoms with E-state index in [2.05, 4.69) is 0 Å². The molecule has 1 aromatic rings. The summed E-state index contributed by atoms with van der Waals surface area (Å²) in [6.45, 7) is 1.21. The SMILES string of the molecule is COc1ccc2c(c1)C(=O)CC1(CCN(C(=O)N(C)C)CC1)O2. The summed E-state index contributed by atoms with van der Waals surface area (Å²) < 4.78 is 11.4. The number of urea groups is 1. The molecule has 0 N–H and O–H groups in total. The molecule has 2 heterocycles. The van der Waals surface area contributed by atoms with Gasteiger partial charge in [-0.2, -0.15) is 0 Å². The van der Waals surface area contributed by atoms with Gasteiger partial charge in [-0.1, -0.05) is 0 Å². The van der Waals surface area contributed by atoms with E-state index in [-0.39, 0.29) is 11.8 Å². The van der Waals surface area contributed by atoms with Gasteiger partial charge in [0, 0.05) is 40.0 Å². The van der Waals surface area contributed by atoms with Crippen molar-refractivity contribution in [2.45, 2.75) is 24.9 Å². The van der Waals surface area contributed by atoms with Crippen molar-refractivity contribution in [3.05, 3.63) is 23.8 Å². The first-order valence-electron chi connectivity index (χ1n) is 7.81. The smallest absolute Gasteiger partial charge is 0.319 e. The van der Waals surface area contributed by atoms with Gasteiger partial charge < -0.3 is 19.3 Å². The lowest BCUT2D eigenvalue weighted by Crippen LogP contribution is -2.53. The highest BCUT2D eigenvalue weighted by atomic mass is 16.5. The molecule has 0 unspecified atom stereocenters. The lowest BCUT2D eigenvalue weighted by molar-refractivity contribution is -0.00276. The van der Waals surface area contributed by atoms with Crippen LogP contribution >= 0.6 is 0 Å². The molecule has 124 valence electrons. The minimum atomic E-state index is -0.484. The van der Waals surface area contributed by atoms with Crippen LogP contribution < -0.4 is 9.47 Å². The molecule has 0 bridgehead atoms. The van der Waals surface area contributed by atoms with Gasteiger partial charge in [-0.05, 0) is 18.2 Å². The Morgan fingerprint density at radius 3 is 2.61 bits per heavy atom. The number of fused-ring (bicyclic) bond motifs is 1. The molecule has 0 saturated carbocycles. The topological polar surface area (TPSA) is 59.1 Å². The number of nitrogens with zero attached hydrogens (tertiary/aromatic N) is 2. The summed E-state index contributed by atoms with van der Waals surface area (Å²) in [4.78, 5) is 27.9. The summed E-state index contributed by atoms with van der Waals surface area (Å²) in [6, 6.07) is 5.34. The van der Waals surface area contributed by atoms with E-state index in [1.807, 2.05) is 4.90 Å². The fourth-order valence-corrected chi connectivity index (χ4v) is 3.27. The predicted octanol–water partition coefficient (Wildman–Crippen LogP) is 2.18. The van der Waals surface area contributed by atoms with E-state index in [1.54, 1.807) is 44.3 Å². The van der Waals surface area contributed by atoms with Gasteiger partial charge in [0.15, 0.2) is 5.78 Å². The van der Waals surface area contributed by atoms with Crippen LogP contribution in [0.1, 0.15) is 29.6 Å². The van der Waals surface area contributed by atoms with E-state index in [1.165, 1.54) is 0 Å². The Morgan fingerprint density at radius 1 is 1.30 bits per heavy atom. The van der Waals surface area contributed by atoms with Crippen LogP contribution in [0.15, 0.2) is 18.2 Å². The van der Waals surface area contributed by atoms with Gasteiger partial charge in [0.1, 0.15) is 17.1 Å². The number of ether oxygens (including phenoxy) is 2. The molecule has 1 saturated heterocycles. The van der Waals surface area contributed by atoms with E-state index in [0.717, 1.165) is 0 Å². The summed E-state index contributed by atoms with van der Waals surface area (Å²) in [5.74, 6) is 1.36. The molecule has 23 heavy (non-hydrogen) atoms. The number of piperidine rings is 1. The van der Waals surface area contributed by atoms with Crippen LogP contribution in [-0.2, 0) is 0 Å². The van der Waals surface area contributed by atoms with E-state index in [4.69, 9.17) is 9.47 Å². The molecule has 0 radical (unpaired) electrons. The first-order valence-corrected chi connectivity index (χ1v) is 7.81. The van der Waals surface area contributed by atoms with Crippen LogP contribution in [-0.4, -0.2) is 61.5 Å². The van der Waals surface area contributed by atoms with Crippen molar-refractivity contribution in [2.24, 2.45) is 0 Å². The van der Waals surface area contributed by atoms with Gasteiger partial charge in [-0.25, -0.2) is 4.79 Å². The molecule has 3 rings (SSSR count). The zero-order chi connectivity index (χ0) is 16.6. The van der Waals surface area contributed by atoms with Crippen LogP contribution in [0.4, 0.5) is 4.79 Å². The maximum absolute atomic E-state index is 12.5. The van der Waals surface area contributed by atoms with Crippen LogP contribution in [0.3, 0.4) is 0 Å². The molecule has 6 nitrogen and oxygen atoms in total. The second-order valence-corrected chi connectivity index (χ2v) is 6.41. The monoisotopic (exact) mass is 318 g/mol. The van der Waals surface area contributed by atoms with Crippen molar-refractivity contribution in [1.82, 2.24) is 9.80 Å². The zero-order valence-electron chi connectivity index (χ0n) is 13.8. The number of benzene rings is 1. The summed E-state index contributed by atoms with van der Waals surface area (Å²) in [5.41, 5.74) is 0.101. The van der Waals surface area contributed by atoms with Crippen molar-refractivity contribution in [3.8, 4) is 11.5 Å². The first-order chi connectivity index (χ1) is 10.9. The maximum Gasteiger partial charge on any atom is 0.319 e. The van der Waals surface area contributed by atoms with Crippen molar-refractivity contribution < 1.29 is 19.1 Å². The molecule has 2 aliphatic heterocycles. The number of ketones is 1. The molecule has 0 aliphatic carbocycles. The standard InChI is InChI=1S/C17H22N2O4/c1-18(2)16(21)19-8-6-17(7-9-19)11-14(20)13-10-12(22-3)4-5-15(13)23-17/h4-5,10H,6-9,11H2,1-3H3. The number of likely N-dealkylation sites (tertiary alicyclic amines) is 1. The number of amides is 2. The number of rotatable bonds is 1. The predicted molar refractivity (Wildman–Crippen MR) is 85.2 cm³/mol. The van der Waals surface area contributed by atoms with E-state index < -0.39 is 5.60 Å². The minimum absolute atomic E-state index is 0.00659. The highest BCUT2D eigenvalue weighted by Crippen LogP contribution is 2.40. The summed E-state index contributed by atoms with van der Waals surface area (Å²) in [5, 5.41) is 0. The Balaban J connectivity index is 1.76. The highest BCUT2D eigenvalue weighted by molar-refractivity contribution is 6.00. The molecule has 1 aromatic carbocycles. The quantitative estimate of drug-likeness (QED) is 0.796. The second-order valence-electron chi connectivity index (χ2n) is 6.41. The van der Waals surface area contributed by atoms with E-state index in [9.17, 15) is 9.59 Å². The number of carbonyl (C=O) groups is 2. The van der Waals surface area contributed by atoms with Crippen molar-refractivity contribution in [2.75, 3.05) is 34.3 Å². The minimum Gasteiger partial charge on any atom is -0.497 e. The first kappa shape index (κ1) is 15.6. The van der Waals surface area contributed by atoms with Crippen LogP contribution in [0.5, 0.6) is 11.5 Å². The normalized spacial score (nSPS) is 19.1. The summed E-state index contributed by atoms with van der Waals surface area (Å²) >= 11 is 0. The average Bonchev–Trinajstić information content (AvgIpc) is 2.54. The van der Waals surface area contributed by atoms with Crippen molar-refractivity contribution >= 4 is 11.8 Å². The van der Waals surface area contributed by atoms with Crippen molar-refractivity contribution in [3.63, 3.8) is 0 Å².